The number of ketones is 1. The fourth-order valence-electron chi connectivity index (χ4n) is 2.43. The van der Waals surface area contributed by atoms with Crippen LogP contribution in [-0.4, -0.2) is 38.3 Å². The van der Waals surface area contributed by atoms with Crippen LogP contribution in [0.4, 0.5) is 0 Å². The highest BCUT2D eigenvalue weighted by atomic mass is 32.1. The molecule has 9 heteroatoms. The van der Waals surface area contributed by atoms with E-state index in [1.807, 2.05) is 36.4 Å². The number of aryl methyl sites for hydroxylation is 1. The number of esters is 1. The van der Waals surface area contributed by atoms with Crippen molar-refractivity contribution in [2.45, 2.75) is 19.4 Å². The van der Waals surface area contributed by atoms with Gasteiger partial charge in [-0.25, -0.2) is 14.5 Å². The molecule has 8 nitrogen and oxygen atoms in total. The fraction of sp³-hybridized carbons (Fsp3) is 0.200. The number of aromatic nitrogens is 4. The number of ether oxygens (including phenoxy) is 1. The maximum Gasteiger partial charge on any atom is 0.331 e. The van der Waals surface area contributed by atoms with Crippen LogP contribution in [0.2, 0.25) is 0 Å². The first-order valence-corrected chi connectivity index (χ1v) is 9.56. The second kappa shape index (κ2) is 9.52. The Morgan fingerprint density at radius 3 is 2.83 bits per heavy atom. The number of hydrogen-bond donors (Lipinski definition) is 0. The molecule has 0 aliphatic heterocycles. The number of carbonyl (C=O) groups is 2. The van der Waals surface area contributed by atoms with Gasteiger partial charge in [0.2, 0.25) is 0 Å². The number of hydrogen-bond acceptors (Lipinski definition) is 8. The molecule has 3 rings (SSSR count). The van der Waals surface area contributed by atoms with Crippen molar-refractivity contribution in [3.8, 4) is 6.07 Å². The predicted molar refractivity (Wildman–Crippen MR) is 106 cm³/mol. The zero-order valence-electron chi connectivity index (χ0n) is 15.6. The van der Waals surface area contributed by atoms with Crippen molar-refractivity contribution in [3.05, 3.63) is 69.9 Å². The summed E-state index contributed by atoms with van der Waals surface area (Å²) >= 11 is 1.23. The molecule has 1 atom stereocenters. The van der Waals surface area contributed by atoms with Crippen LogP contribution in [0, 0.1) is 18.3 Å². The third-order valence-corrected chi connectivity index (χ3v) is 4.85. The molecule has 3 aromatic rings. The Morgan fingerprint density at radius 1 is 1.34 bits per heavy atom. The molecule has 0 N–H and O–H groups in total. The van der Waals surface area contributed by atoms with Gasteiger partial charge in [-0.15, -0.1) is 16.4 Å². The van der Waals surface area contributed by atoms with Crippen molar-refractivity contribution in [1.82, 2.24) is 20.0 Å². The first-order chi connectivity index (χ1) is 14.0. The lowest BCUT2D eigenvalue weighted by atomic mass is 10.1. The number of rotatable bonds is 8. The molecule has 0 aliphatic rings. The molecule has 0 radical (unpaired) electrons. The zero-order valence-corrected chi connectivity index (χ0v) is 16.4. The van der Waals surface area contributed by atoms with Crippen LogP contribution in [-0.2, 0) is 20.9 Å². The second-order valence-electron chi connectivity index (χ2n) is 6.12. The maximum atomic E-state index is 12.2. The Balaban J connectivity index is 1.51. The summed E-state index contributed by atoms with van der Waals surface area (Å²) in [5.41, 5.74) is 2.30. The predicted octanol–water partition coefficient (Wildman–Crippen LogP) is 2.52. The van der Waals surface area contributed by atoms with Crippen LogP contribution in [0.15, 0.2) is 48.0 Å². The molecule has 0 aliphatic carbocycles. The highest BCUT2D eigenvalue weighted by molar-refractivity contribution is 7.09. The van der Waals surface area contributed by atoms with Gasteiger partial charge in [0.15, 0.2) is 18.3 Å². The Bertz CT molecular complexity index is 1070. The van der Waals surface area contributed by atoms with Crippen molar-refractivity contribution in [1.29, 1.82) is 5.26 Å². The summed E-state index contributed by atoms with van der Waals surface area (Å²) < 4.78 is 6.58. The molecule has 0 saturated heterocycles. The van der Waals surface area contributed by atoms with Crippen molar-refractivity contribution >= 4 is 29.2 Å². The molecular weight excluding hydrogens is 390 g/mol. The van der Waals surface area contributed by atoms with Crippen LogP contribution in [0.3, 0.4) is 0 Å². The molecule has 2 heterocycles. The summed E-state index contributed by atoms with van der Waals surface area (Å²) in [6, 6.07) is 11.7. The normalized spacial score (nSPS) is 11.9. The summed E-state index contributed by atoms with van der Waals surface area (Å²) in [4.78, 5) is 28.2. The Morgan fingerprint density at radius 2 is 2.14 bits per heavy atom. The van der Waals surface area contributed by atoms with Gasteiger partial charge in [-0.05, 0) is 18.6 Å². The van der Waals surface area contributed by atoms with Gasteiger partial charge in [-0.1, -0.05) is 35.5 Å². The van der Waals surface area contributed by atoms with E-state index in [1.165, 1.54) is 23.5 Å². The van der Waals surface area contributed by atoms with E-state index in [4.69, 9.17) is 4.74 Å². The van der Waals surface area contributed by atoms with Crippen molar-refractivity contribution < 1.29 is 14.3 Å². The summed E-state index contributed by atoms with van der Waals surface area (Å²) in [6.45, 7) is 1.84. The summed E-state index contributed by atoms with van der Waals surface area (Å²) in [5.74, 6) is -2.26. The largest absolute Gasteiger partial charge is 0.454 e. The van der Waals surface area contributed by atoms with E-state index in [9.17, 15) is 14.9 Å². The van der Waals surface area contributed by atoms with E-state index in [1.54, 1.807) is 23.2 Å². The van der Waals surface area contributed by atoms with E-state index >= 15 is 0 Å². The molecule has 0 unspecified atom stereocenters. The monoisotopic (exact) mass is 407 g/mol. The lowest BCUT2D eigenvalue weighted by Crippen LogP contribution is -2.19. The first kappa shape index (κ1) is 20.1. The minimum absolute atomic E-state index is 0.400. The van der Waals surface area contributed by atoms with E-state index in [2.05, 4.69) is 15.3 Å². The van der Waals surface area contributed by atoms with E-state index in [0.717, 1.165) is 11.3 Å². The first-order valence-electron chi connectivity index (χ1n) is 8.68. The average molecular weight is 407 g/mol. The quantitative estimate of drug-likeness (QED) is 0.417. The van der Waals surface area contributed by atoms with Crippen molar-refractivity contribution in [2.24, 2.45) is 0 Å². The second-order valence-corrected chi connectivity index (χ2v) is 7.01. The fourth-order valence-corrected chi connectivity index (χ4v) is 3.30. The van der Waals surface area contributed by atoms with Gasteiger partial charge in [0.1, 0.15) is 10.7 Å². The van der Waals surface area contributed by atoms with Crippen LogP contribution < -0.4 is 0 Å². The topological polar surface area (TPSA) is 111 Å². The Hall–Kier alpha value is -3.64. The molecule has 0 fully saturated rings. The highest BCUT2D eigenvalue weighted by Gasteiger charge is 2.24. The van der Waals surface area contributed by atoms with E-state index < -0.39 is 24.3 Å². The smallest absolute Gasteiger partial charge is 0.331 e. The number of thiazole rings is 1. The molecule has 146 valence electrons. The van der Waals surface area contributed by atoms with Gasteiger partial charge in [-0.3, -0.25) is 4.79 Å². The average Bonchev–Trinajstić information content (AvgIpc) is 3.35. The molecule has 1 aromatic carbocycles. The van der Waals surface area contributed by atoms with Crippen LogP contribution in [0.1, 0.15) is 27.9 Å². The summed E-state index contributed by atoms with van der Waals surface area (Å²) in [5, 5.41) is 19.3. The molecular formula is C20H17N5O3S. The highest BCUT2D eigenvalue weighted by Crippen LogP contribution is 2.20. The Kier molecular flexibility index (Phi) is 6.60. The van der Waals surface area contributed by atoms with Gasteiger partial charge >= 0.3 is 5.97 Å². The number of carbonyl (C=O) groups excluding carboxylic acids is 2. The van der Waals surface area contributed by atoms with Gasteiger partial charge in [0.05, 0.1) is 18.8 Å². The van der Waals surface area contributed by atoms with Gasteiger partial charge in [0.25, 0.3) is 0 Å². The van der Waals surface area contributed by atoms with Gasteiger partial charge in [-0.2, -0.15) is 5.26 Å². The molecule has 0 bridgehead atoms. The van der Waals surface area contributed by atoms with Crippen LogP contribution >= 0.6 is 11.3 Å². The summed E-state index contributed by atoms with van der Waals surface area (Å²) in [6.07, 6.45) is 4.31. The molecule has 0 amide bonds. The minimum Gasteiger partial charge on any atom is -0.454 e. The SMILES string of the molecule is Cc1csc([C@@H](C#N)C(=O)COC(=O)/C=C/c2cn(Cc3ccccc3)nn2)n1. The summed E-state index contributed by atoms with van der Waals surface area (Å²) in [7, 11) is 0. The molecule has 0 spiro atoms. The standard InChI is InChI=1S/C20H17N5O3S/c1-14-13-29-20(22-14)17(9-21)18(26)12-28-19(27)8-7-16-11-25(24-23-16)10-15-5-3-2-4-6-15/h2-8,11,13,17H,10,12H2,1H3/b8-7+/t17-/m0/s1. The third-order valence-electron chi connectivity index (χ3n) is 3.83. The lowest BCUT2D eigenvalue weighted by Gasteiger charge is -2.05. The maximum absolute atomic E-state index is 12.2. The van der Waals surface area contributed by atoms with Crippen LogP contribution in [0.25, 0.3) is 6.08 Å². The van der Waals surface area contributed by atoms with E-state index in [0.29, 0.717) is 17.2 Å². The Labute approximate surface area is 171 Å². The molecule has 2 aromatic heterocycles. The molecule has 0 saturated carbocycles. The number of nitriles is 1. The zero-order chi connectivity index (χ0) is 20.6. The molecule has 29 heavy (non-hydrogen) atoms. The van der Waals surface area contributed by atoms with Gasteiger partial charge < -0.3 is 4.74 Å². The minimum atomic E-state index is -1.04. The van der Waals surface area contributed by atoms with Gasteiger partial charge in [0, 0.05) is 17.2 Å². The number of benzene rings is 1. The van der Waals surface area contributed by atoms with Crippen molar-refractivity contribution in [2.75, 3.05) is 6.61 Å². The number of nitrogens with zero attached hydrogens (tertiary/aromatic N) is 5. The lowest BCUT2D eigenvalue weighted by molar-refractivity contribution is -0.143. The van der Waals surface area contributed by atoms with Crippen molar-refractivity contribution in [3.63, 3.8) is 0 Å². The third kappa shape index (κ3) is 5.67. The van der Waals surface area contributed by atoms with Crippen LogP contribution in [0.5, 0.6) is 0 Å². The van der Waals surface area contributed by atoms with E-state index in [-0.39, 0.29) is 0 Å². The number of Topliss-reactive ketones (excluding diaryl/α,β-unsaturated/α-hetero) is 1.